The van der Waals surface area contributed by atoms with Gasteiger partial charge < -0.3 is 15.4 Å². The summed E-state index contributed by atoms with van der Waals surface area (Å²) in [5.41, 5.74) is 0.137. The maximum atomic E-state index is 5.25. The van der Waals surface area contributed by atoms with Crippen LogP contribution in [-0.4, -0.2) is 33.0 Å². The zero-order valence-corrected chi connectivity index (χ0v) is 6.74. The van der Waals surface area contributed by atoms with Crippen molar-refractivity contribution in [3.63, 3.8) is 0 Å². The molecule has 0 amide bonds. The fourth-order valence-electron chi connectivity index (χ4n) is 1.34. The Kier molecular flexibility index (Phi) is 2.65. The molecular formula is C7H16N2O. The van der Waals surface area contributed by atoms with Gasteiger partial charge in [-0.15, -0.1) is 0 Å². The van der Waals surface area contributed by atoms with E-state index in [0.29, 0.717) is 0 Å². The Morgan fingerprint density at radius 1 is 1.10 bits per heavy atom. The van der Waals surface area contributed by atoms with Crippen LogP contribution in [0.5, 0.6) is 0 Å². The highest BCUT2D eigenvalue weighted by Gasteiger charge is 2.28. The minimum absolute atomic E-state index is 0.137. The third-order valence-corrected chi connectivity index (χ3v) is 2.30. The fourth-order valence-corrected chi connectivity index (χ4v) is 1.34. The zero-order valence-electron chi connectivity index (χ0n) is 6.74. The van der Waals surface area contributed by atoms with E-state index >= 15 is 0 Å². The van der Waals surface area contributed by atoms with Gasteiger partial charge in [-0.3, -0.25) is 0 Å². The predicted molar refractivity (Wildman–Crippen MR) is 40.9 cm³/mol. The van der Waals surface area contributed by atoms with Gasteiger partial charge in [0, 0.05) is 26.1 Å². The summed E-state index contributed by atoms with van der Waals surface area (Å²) in [6.45, 7) is 1.73. The van der Waals surface area contributed by atoms with Gasteiger partial charge in [-0.2, -0.15) is 0 Å². The molecule has 0 aromatic carbocycles. The van der Waals surface area contributed by atoms with E-state index in [1.165, 1.54) is 0 Å². The van der Waals surface area contributed by atoms with Gasteiger partial charge in [0.2, 0.25) is 0 Å². The van der Waals surface area contributed by atoms with Crippen molar-refractivity contribution in [2.24, 2.45) is 0 Å². The first-order chi connectivity index (χ1) is 4.83. The third-order valence-electron chi connectivity index (χ3n) is 2.30. The average Bonchev–Trinajstić information content (AvgIpc) is 2.06. The van der Waals surface area contributed by atoms with Crippen molar-refractivity contribution in [2.75, 3.05) is 27.3 Å². The third kappa shape index (κ3) is 1.48. The molecule has 1 aliphatic heterocycles. The van der Waals surface area contributed by atoms with Crippen molar-refractivity contribution in [1.82, 2.24) is 10.6 Å². The Labute approximate surface area is 62.1 Å². The van der Waals surface area contributed by atoms with Gasteiger partial charge in [0.1, 0.15) is 0 Å². The number of ether oxygens (including phenoxy) is 1. The molecule has 0 unspecified atom stereocenters. The second-order valence-corrected chi connectivity index (χ2v) is 2.69. The van der Waals surface area contributed by atoms with E-state index in [1.807, 2.05) is 14.1 Å². The largest absolute Gasteiger partial charge is 0.381 e. The second kappa shape index (κ2) is 3.32. The van der Waals surface area contributed by atoms with Crippen molar-refractivity contribution in [2.45, 2.75) is 18.5 Å². The molecule has 2 N–H and O–H groups in total. The lowest BCUT2D eigenvalue weighted by molar-refractivity contribution is 0.0302. The molecule has 1 heterocycles. The molecular weight excluding hydrogens is 128 g/mol. The minimum Gasteiger partial charge on any atom is -0.381 e. The molecule has 0 aromatic rings. The maximum Gasteiger partial charge on any atom is 0.0726 e. The van der Waals surface area contributed by atoms with Gasteiger partial charge >= 0.3 is 0 Å². The molecule has 0 bridgehead atoms. The summed E-state index contributed by atoms with van der Waals surface area (Å²) in [6, 6.07) is 0. The van der Waals surface area contributed by atoms with Crippen molar-refractivity contribution in [3.8, 4) is 0 Å². The highest BCUT2D eigenvalue weighted by atomic mass is 16.5. The van der Waals surface area contributed by atoms with Crippen LogP contribution in [-0.2, 0) is 4.74 Å². The summed E-state index contributed by atoms with van der Waals surface area (Å²) in [7, 11) is 3.98. The number of hydrogen-bond donors (Lipinski definition) is 2. The summed E-state index contributed by atoms with van der Waals surface area (Å²) in [4.78, 5) is 0. The first-order valence-electron chi connectivity index (χ1n) is 3.78. The van der Waals surface area contributed by atoms with Crippen LogP contribution in [0.25, 0.3) is 0 Å². The predicted octanol–water partition coefficient (Wildman–Crippen LogP) is -0.0681. The van der Waals surface area contributed by atoms with Crippen LogP contribution in [0.4, 0.5) is 0 Å². The first kappa shape index (κ1) is 7.98. The highest BCUT2D eigenvalue weighted by molar-refractivity contribution is 4.84. The van der Waals surface area contributed by atoms with Gasteiger partial charge in [-0.25, -0.2) is 0 Å². The monoisotopic (exact) mass is 144 g/mol. The van der Waals surface area contributed by atoms with Crippen LogP contribution in [0.15, 0.2) is 0 Å². The number of nitrogens with one attached hydrogen (secondary N) is 2. The Morgan fingerprint density at radius 3 is 1.90 bits per heavy atom. The second-order valence-electron chi connectivity index (χ2n) is 2.69. The summed E-state index contributed by atoms with van der Waals surface area (Å²) < 4.78 is 5.25. The molecule has 10 heavy (non-hydrogen) atoms. The Balaban J connectivity index is 2.44. The van der Waals surface area contributed by atoms with E-state index in [9.17, 15) is 0 Å². The lowest BCUT2D eigenvalue weighted by Crippen LogP contribution is -2.57. The molecule has 1 fully saturated rings. The van der Waals surface area contributed by atoms with E-state index in [-0.39, 0.29) is 5.66 Å². The SMILES string of the molecule is CNC1(NC)CCOCC1. The van der Waals surface area contributed by atoms with E-state index < -0.39 is 0 Å². The van der Waals surface area contributed by atoms with Crippen molar-refractivity contribution >= 4 is 0 Å². The standard InChI is InChI=1S/C7H16N2O/c1-8-7(9-2)3-5-10-6-4-7/h8-9H,3-6H2,1-2H3. The molecule has 60 valence electrons. The molecule has 3 nitrogen and oxygen atoms in total. The van der Waals surface area contributed by atoms with Crippen LogP contribution in [0, 0.1) is 0 Å². The summed E-state index contributed by atoms with van der Waals surface area (Å²) >= 11 is 0. The Hall–Kier alpha value is -0.120. The minimum atomic E-state index is 0.137. The lowest BCUT2D eigenvalue weighted by Gasteiger charge is -2.36. The fraction of sp³-hybridized carbons (Fsp3) is 1.00. The molecule has 0 spiro atoms. The Bertz CT molecular complexity index is 93.8. The van der Waals surface area contributed by atoms with Crippen LogP contribution >= 0.6 is 0 Å². The highest BCUT2D eigenvalue weighted by Crippen LogP contribution is 2.15. The molecule has 1 rings (SSSR count). The summed E-state index contributed by atoms with van der Waals surface area (Å²) in [6.07, 6.45) is 2.11. The van der Waals surface area contributed by atoms with Gasteiger partial charge in [0.25, 0.3) is 0 Å². The van der Waals surface area contributed by atoms with E-state index in [2.05, 4.69) is 10.6 Å². The smallest absolute Gasteiger partial charge is 0.0726 e. The van der Waals surface area contributed by atoms with Gasteiger partial charge in [0.05, 0.1) is 5.66 Å². The average molecular weight is 144 g/mol. The quantitative estimate of drug-likeness (QED) is 0.532. The maximum absolute atomic E-state index is 5.25. The number of hydrogen-bond acceptors (Lipinski definition) is 3. The number of rotatable bonds is 2. The molecule has 0 atom stereocenters. The topological polar surface area (TPSA) is 33.3 Å². The summed E-state index contributed by atoms with van der Waals surface area (Å²) in [5.74, 6) is 0. The molecule has 1 aliphatic rings. The van der Waals surface area contributed by atoms with E-state index in [4.69, 9.17) is 4.74 Å². The van der Waals surface area contributed by atoms with Crippen molar-refractivity contribution < 1.29 is 4.74 Å². The van der Waals surface area contributed by atoms with Crippen molar-refractivity contribution in [1.29, 1.82) is 0 Å². The van der Waals surface area contributed by atoms with E-state index in [0.717, 1.165) is 26.1 Å². The lowest BCUT2D eigenvalue weighted by atomic mass is 10.0. The first-order valence-corrected chi connectivity index (χ1v) is 3.78. The van der Waals surface area contributed by atoms with Crippen molar-refractivity contribution in [3.05, 3.63) is 0 Å². The molecule has 0 radical (unpaired) electrons. The zero-order chi connectivity index (χ0) is 7.45. The summed E-state index contributed by atoms with van der Waals surface area (Å²) in [5, 5.41) is 6.55. The van der Waals surface area contributed by atoms with Gasteiger partial charge in [-0.1, -0.05) is 0 Å². The van der Waals surface area contributed by atoms with Crippen LogP contribution < -0.4 is 10.6 Å². The normalized spacial score (nSPS) is 24.6. The van der Waals surface area contributed by atoms with Crippen LogP contribution in [0.1, 0.15) is 12.8 Å². The molecule has 0 aliphatic carbocycles. The van der Waals surface area contributed by atoms with Gasteiger partial charge in [-0.05, 0) is 14.1 Å². The Morgan fingerprint density at radius 2 is 1.60 bits per heavy atom. The van der Waals surface area contributed by atoms with E-state index in [1.54, 1.807) is 0 Å². The molecule has 3 heteroatoms. The molecule has 0 aromatic heterocycles. The molecule has 1 saturated heterocycles. The molecule has 0 saturated carbocycles. The van der Waals surface area contributed by atoms with Crippen LogP contribution in [0.2, 0.25) is 0 Å². The van der Waals surface area contributed by atoms with Gasteiger partial charge in [0.15, 0.2) is 0 Å². The van der Waals surface area contributed by atoms with Crippen LogP contribution in [0.3, 0.4) is 0 Å².